The van der Waals surface area contributed by atoms with Gasteiger partial charge in [-0.1, -0.05) is 76.0 Å². The maximum atomic E-state index is 16.1. The van der Waals surface area contributed by atoms with Crippen LogP contribution in [0.3, 0.4) is 0 Å². The number of rotatable bonds is 11. The van der Waals surface area contributed by atoms with Crippen molar-refractivity contribution in [2.45, 2.75) is 64.5 Å². The first-order valence-corrected chi connectivity index (χ1v) is 15.7. The van der Waals surface area contributed by atoms with Crippen molar-refractivity contribution >= 4 is 34.9 Å². The molecule has 1 aliphatic rings. The summed E-state index contributed by atoms with van der Waals surface area (Å²) in [6, 6.07) is 16.8. The summed E-state index contributed by atoms with van der Waals surface area (Å²) in [6.45, 7) is 11.0. The number of carboxylic acid groups (broad SMARTS) is 1. The third kappa shape index (κ3) is 7.44. The van der Waals surface area contributed by atoms with Crippen LogP contribution >= 0.6 is 23.2 Å². The molecule has 45 heavy (non-hydrogen) atoms. The van der Waals surface area contributed by atoms with E-state index in [9.17, 15) is 15.2 Å². The van der Waals surface area contributed by atoms with Gasteiger partial charge in [-0.05, 0) is 65.8 Å². The highest BCUT2D eigenvalue weighted by atomic mass is 35.5. The molecule has 3 aromatic carbocycles. The molecule has 4 rings (SSSR count). The number of ether oxygens (including phenoxy) is 1. The molecule has 1 aliphatic heterocycles. The zero-order valence-corrected chi connectivity index (χ0v) is 27.6. The van der Waals surface area contributed by atoms with Crippen molar-refractivity contribution in [3.05, 3.63) is 99.0 Å². The quantitative estimate of drug-likeness (QED) is 0.158. The average Bonchev–Trinajstić information content (AvgIpc) is 3.19. The van der Waals surface area contributed by atoms with Crippen LogP contribution in [0.4, 0.5) is 14.5 Å². The van der Waals surface area contributed by atoms with E-state index >= 15 is 8.78 Å². The fraction of sp³-hybridized carbons (Fsp3) is 0.429. The fourth-order valence-electron chi connectivity index (χ4n) is 6.56. The summed E-state index contributed by atoms with van der Waals surface area (Å²) < 4.78 is 38.3. The van der Waals surface area contributed by atoms with Crippen molar-refractivity contribution in [3.8, 4) is 6.07 Å². The number of nitrogens with one attached hydrogen (secondary N) is 1. The number of hydrogen-bond acceptors (Lipinski definition) is 5. The Morgan fingerprint density at radius 2 is 1.82 bits per heavy atom. The molecule has 4 atom stereocenters. The molecule has 0 aromatic heterocycles. The van der Waals surface area contributed by atoms with Crippen LogP contribution in [0.15, 0.2) is 60.7 Å². The number of hydrogen-bond donors (Lipinski definition) is 2. The second-order valence-electron chi connectivity index (χ2n) is 13.2. The van der Waals surface area contributed by atoms with Crippen molar-refractivity contribution in [1.29, 1.82) is 5.26 Å². The van der Waals surface area contributed by atoms with Crippen LogP contribution in [0.1, 0.15) is 68.4 Å². The number of aromatic carboxylic acids is 1. The topological polar surface area (TPSA) is 85.6 Å². The van der Waals surface area contributed by atoms with Gasteiger partial charge < -0.3 is 15.2 Å². The van der Waals surface area contributed by atoms with E-state index in [2.05, 4.69) is 50.9 Å². The molecule has 0 saturated carbocycles. The Bertz CT molecular complexity index is 1560. The lowest BCUT2D eigenvalue weighted by Crippen LogP contribution is -2.48. The average molecular weight is 659 g/mol. The fourth-order valence-corrected chi connectivity index (χ4v) is 6.90. The van der Waals surface area contributed by atoms with Gasteiger partial charge in [0.25, 0.3) is 0 Å². The van der Waals surface area contributed by atoms with E-state index in [0.717, 1.165) is 0 Å². The minimum absolute atomic E-state index is 0.0575. The van der Waals surface area contributed by atoms with E-state index in [1.54, 1.807) is 36.4 Å². The van der Waals surface area contributed by atoms with Gasteiger partial charge in [-0.25, -0.2) is 13.6 Å². The summed E-state index contributed by atoms with van der Waals surface area (Å²) in [5.41, 5.74) is -0.619. The van der Waals surface area contributed by atoms with Gasteiger partial charge in [-0.2, -0.15) is 5.26 Å². The molecule has 3 aromatic rings. The van der Waals surface area contributed by atoms with Gasteiger partial charge in [0.2, 0.25) is 0 Å². The molecule has 1 heterocycles. The number of likely N-dealkylation sites (tertiary alicyclic amines) is 1. The second-order valence-corrected chi connectivity index (χ2v) is 14.1. The Morgan fingerprint density at radius 3 is 2.40 bits per heavy atom. The first-order chi connectivity index (χ1) is 21.2. The zero-order valence-electron chi connectivity index (χ0n) is 26.1. The van der Waals surface area contributed by atoms with Crippen LogP contribution in [0.25, 0.3) is 0 Å². The highest BCUT2D eigenvalue weighted by Gasteiger charge is 2.62. The number of nitriles is 1. The molecule has 1 saturated heterocycles. The van der Waals surface area contributed by atoms with Gasteiger partial charge in [0.15, 0.2) is 0 Å². The Morgan fingerprint density at radius 1 is 1.13 bits per heavy atom. The van der Waals surface area contributed by atoms with Crippen molar-refractivity contribution in [2.24, 2.45) is 11.3 Å². The molecule has 0 amide bonds. The van der Waals surface area contributed by atoms with Crippen LogP contribution < -0.4 is 5.32 Å². The number of halogens is 4. The summed E-state index contributed by atoms with van der Waals surface area (Å²) in [6.07, 6.45) is 0.513. The van der Waals surface area contributed by atoms with E-state index in [4.69, 9.17) is 27.9 Å². The van der Waals surface area contributed by atoms with E-state index in [1.807, 2.05) is 0 Å². The van der Waals surface area contributed by atoms with E-state index < -0.39 is 41.0 Å². The SMILES string of the molecule is CC(C)CN1C(COCNc2ccc(C(=O)O)cc2)C(c2cccc(Cl)c2F)C(C#N)(c2ccc(Cl)cc2F)C1CC(C)(C)C. The first kappa shape index (κ1) is 34.6. The largest absolute Gasteiger partial charge is 0.478 e. The molecule has 2 N–H and O–H groups in total. The summed E-state index contributed by atoms with van der Waals surface area (Å²) >= 11 is 12.5. The molecular weight excluding hydrogens is 619 g/mol. The smallest absolute Gasteiger partial charge is 0.335 e. The number of nitrogens with zero attached hydrogens (tertiary/aromatic N) is 2. The molecular formula is C35H39Cl2F2N3O3. The summed E-state index contributed by atoms with van der Waals surface area (Å²) in [4.78, 5) is 13.4. The molecule has 10 heteroatoms. The van der Waals surface area contributed by atoms with Crippen LogP contribution in [0.5, 0.6) is 0 Å². The number of benzene rings is 3. The Labute approximate surface area is 273 Å². The normalized spacial score (nSPS) is 22.0. The molecule has 0 radical (unpaired) electrons. The van der Waals surface area contributed by atoms with Gasteiger partial charge in [0.1, 0.15) is 23.8 Å². The first-order valence-electron chi connectivity index (χ1n) is 14.9. The zero-order chi connectivity index (χ0) is 33.1. The van der Waals surface area contributed by atoms with Gasteiger partial charge in [0.05, 0.1) is 23.3 Å². The highest BCUT2D eigenvalue weighted by Crippen LogP contribution is 2.56. The lowest BCUT2D eigenvalue weighted by molar-refractivity contribution is 0.0535. The third-order valence-corrected chi connectivity index (χ3v) is 8.81. The van der Waals surface area contributed by atoms with E-state index in [1.165, 1.54) is 24.3 Å². The lowest BCUT2D eigenvalue weighted by Gasteiger charge is -2.40. The second kappa shape index (κ2) is 14.0. The minimum Gasteiger partial charge on any atom is -0.478 e. The third-order valence-electron chi connectivity index (χ3n) is 8.29. The van der Waals surface area contributed by atoms with Crippen molar-refractivity contribution in [3.63, 3.8) is 0 Å². The molecule has 240 valence electrons. The number of carboxylic acids is 1. The van der Waals surface area contributed by atoms with Crippen LogP contribution in [-0.2, 0) is 10.2 Å². The molecule has 0 spiro atoms. The Balaban J connectivity index is 1.85. The Kier molecular flexibility index (Phi) is 10.8. The summed E-state index contributed by atoms with van der Waals surface area (Å²) in [5.74, 6) is -3.01. The highest BCUT2D eigenvalue weighted by molar-refractivity contribution is 6.31. The molecule has 1 fully saturated rings. The van der Waals surface area contributed by atoms with Gasteiger partial charge in [-0.3, -0.25) is 4.90 Å². The van der Waals surface area contributed by atoms with Crippen LogP contribution in [0.2, 0.25) is 10.0 Å². The number of carbonyl (C=O) groups is 1. The number of anilines is 1. The van der Waals surface area contributed by atoms with Gasteiger partial charge >= 0.3 is 5.97 Å². The van der Waals surface area contributed by atoms with Crippen molar-refractivity contribution in [1.82, 2.24) is 4.90 Å². The predicted octanol–water partition coefficient (Wildman–Crippen LogP) is 8.75. The predicted molar refractivity (Wildman–Crippen MR) is 174 cm³/mol. The van der Waals surface area contributed by atoms with Gasteiger partial charge in [-0.15, -0.1) is 0 Å². The minimum atomic E-state index is -1.53. The molecule has 0 bridgehead atoms. The standard InChI is InChI=1S/C35H39Cl2F2N3O3/c1-21(2)17-42-29(18-45-20-41-24-12-9-22(10-13-24)33(43)44)31(25-7-6-8-27(37)32(25)39)35(19-40,30(42)16-34(3,4)5)26-14-11-23(36)15-28(26)38/h6-15,21,29-31,41H,16-18,20H2,1-5H3,(H,43,44). The summed E-state index contributed by atoms with van der Waals surface area (Å²) in [5, 5.41) is 23.7. The molecule has 4 unspecified atom stereocenters. The van der Waals surface area contributed by atoms with E-state index in [0.29, 0.717) is 18.7 Å². The summed E-state index contributed by atoms with van der Waals surface area (Å²) in [7, 11) is 0. The van der Waals surface area contributed by atoms with Crippen molar-refractivity contribution < 1.29 is 23.4 Å². The molecule has 6 nitrogen and oxygen atoms in total. The maximum Gasteiger partial charge on any atom is 0.335 e. The van der Waals surface area contributed by atoms with Crippen LogP contribution in [0, 0.1) is 34.3 Å². The van der Waals surface area contributed by atoms with Crippen molar-refractivity contribution in [2.75, 3.05) is 25.2 Å². The monoisotopic (exact) mass is 657 g/mol. The lowest BCUT2D eigenvalue weighted by atomic mass is 9.62. The molecule has 0 aliphatic carbocycles. The van der Waals surface area contributed by atoms with Crippen LogP contribution in [-0.4, -0.2) is 47.9 Å². The Hall–Kier alpha value is -3.22. The van der Waals surface area contributed by atoms with E-state index in [-0.39, 0.29) is 51.4 Å². The maximum absolute atomic E-state index is 16.1. The van der Waals surface area contributed by atoms with Gasteiger partial charge in [0, 0.05) is 40.8 Å².